The Morgan fingerprint density at radius 1 is 1.11 bits per heavy atom. The molecule has 19 heavy (non-hydrogen) atoms. The van der Waals surface area contributed by atoms with Crippen LogP contribution in [0.2, 0.25) is 0 Å². The third-order valence-corrected chi connectivity index (χ3v) is 3.29. The number of unbranched alkanes of at least 4 members (excludes halogenated alkanes) is 1. The van der Waals surface area contributed by atoms with Crippen LogP contribution in [0.3, 0.4) is 0 Å². The highest BCUT2D eigenvalue weighted by atomic mass is 16.5. The van der Waals surface area contributed by atoms with E-state index >= 15 is 0 Å². The molecule has 1 atom stereocenters. The molecule has 0 fully saturated rings. The lowest BCUT2D eigenvalue weighted by atomic mass is 9.99. The number of hydrogen-bond acceptors (Lipinski definition) is 2. The van der Waals surface area contributed by atoms with E-state index in [1.165, 1.54) is 17.5 Å². The third kappa shape index (κ3) is 6.74. The molecular formula is C17H29NO. The van der Waals surface area contributed by atoms with Crippen LogP contribution in [-0.4, -0.2) is 19.2 Å². The van der Waals surface area contributed by atoms with Crippen molar-refractivity contribution in [2.75, 3.05) is 13.2 Å². The molecule has 0 amide bonds. The van der Waals surface area contributed by atoms with E-state index in [1.807, 2.05) is 0 Å². The van der Waals surface area contributed by atoms with Crippen molar-refractivity contribution < 1.29 is 4.74 Å². The van der Waals surface area contributed by atoms with Crippen LogP contribution in [0.25, 0.3) is 0 Å². The lowest BCUT2D eigenvalue weighted by molar-refractivity contribution is 0.118. The van der Waals surface area contributed by atoms with Gasteiger partial charge in [0.15, 0.2) is 0 Å². The maximum Gasteiger partial charge on any atom is 0.0716 e. The lowest BCUT2D eigenvalue weighted by Gasteiger charge is -2.15. The summed E-state index contributed by atoms with van der Waals surface area (Å²) in [5.74, 6) is 0.553. The van der Waals surface area contributed by atoms with Crippen molar-refractivity contribution in [2.45, 2.75) is 59.1 Å². The zero-order chi connectivity index (χ0) is 14.1. The van der Waals surface area contributed by atoms with Gasteiger partial charge in [-0.1, -0.05) is 58.4 Å². The highest BCUT2D eigenvalue weighted by Gasteiger charge is 2.05. The first kappa shape index (κ1) is 16.2. The maximum atomic E-state index is 5.63. The number of ether oxygens (including phenoxy) is 1. The molecule has 1 rings (SSSR count). The van der Waals surface area contributed by atoms with Crippen molar-refractivity contribution in [1.82, 2.24) is 5.32 Å². The van der Waals surface area contributed by atoms with E-state index in [0.717, 1.165) is 26.2 Å². The molecule has 0 spiro atoms. The topological polar surface area (TPSA) is 21.3 Å². The Labute approximate surface area is 118 Å². The minimum Gasteiger partial charge on any atom is -0.377 e. The molecule has 0 saturated heterocycles. The van der Waals surface area contributed by atoms with E-state index in [2.05, 4.69) is 57.3 Å². The van der Waals surface area contributed by atoms with Crippen LogP contribution in [0.5, 0.6) is 0 Å². The van der Waals surface area contributed by atoms with Crippen LogP contribution >= 0.6 is 0 Å². The van der Waals surface area contributed by atoms with E-state index < -0.39 is 0 Å². The lowest BCUT2D eigenvalue weighted by Crippen LogP contribution is -2.26. The second kappa shape index (κ2) is 9.11. The van der Waals surface area contributed by atoms with Crippen LogP contribution in [-0.2, 0) is 11.3 Å². The zero-order valence-electron chi connectivity index (χ0n) is 12.9. The highest BCUT2D eigenvalue weighted by molar-refractivity contribution is 5.24. The smallest absolute Gasteiger partial charge is 0.0716 e. The number of rotatable bonds is 9. The van der Waals surface area contributed by atoms with Gasteiger partial charge in [-0.3, -0.25) is 0 Å². The predicted octanol–water partition coefficient (Wildman–Crippen LogP) is 4.10. The van der Waals surface area contributed by atoms with Crippen LogP contribution in [0.4, 0.5) is 0 Å². The Bertz CT molecular complexity index is 332. The van der Waals surface area contributed by atoms with Crippen molar-refractivity contribution in [2.24, 2.45) is 0 Å². The minimum absolute atomic E-state index is 0.550. The molecule has 0 saturated carbocycles. The molecule has 0 bridgehead atoms. The van der Waals surface area contributed by atoms with Gasteiger partial charge in [0.1, 0.15) is 0 Å². The largest absolute Gasteiger partial charge is 0.377 e. The molecular weight excluding hydrogens is 234 g/mol. The fourth-order valence-corrected chi connectivity index (χ4v) is 1.91. The normalized spacial score (nSPS) is 12.9. The summed E-state index contributed by atoms with van der Waals surface area (Å²) >= 11 is 0. The van der Waals surface area contributed by atoms with E-state index in [4.69, 9.17) is 4.74 Å². The second-order valence-corrected chi connectivity index (χ2v) is 5.61. The zero-order valence-corrected chi connectivity index (χ0v) is 12.9. The molecule has 2 heteroatoms. The molecule has 0 aliphatic heterocycles. The monoisotopic (exact) mass is 263 g/mol. The van der Waals surface area contributed by atoms with Gasteiger partial charge in [0.2, 0.25) is 0 Å². The molecule has 0 heterocycles. The summed E-state index contributed by atoms with van der Waals surface area (Å²) in [6.45, 7) is 11.5. The standard InChI is InChI=1S/C17H29NO/c1-5-6-11-19-13-16-7-9-17(10-8-16)15(4)12-18-14(2)3/h7-10,14-15,18H,5-6,11-13H2,1-4H3. The Balaban J connectivity index is 2.37. The molecule has 108 valence electrons. The van der Waals surface area contributed by atoms with Gasteiger partial charge in [-0.25, -0.2) is 0 Å². The van der Waals surface area contributed by atoms with Crippen LogP contribution < -0.4 is 5.32 Å². The Kier molecular flexibility index (Phi) is 7.76. The van der Waals surface area contributed by atoms with Crippen LogP contribution in [0, 0.1) is 0 Å². The molecule has 0 aliphatic rings. The van der Waals surface area contributed by atoms with Crippen molar-refractivity contribution >= 4 is 0 Å². The maximum absolute atomic E-state index is 5.63. The first-order valence-electron chi connectivity index (χ1n) is 7.53. The van der Waals surface area contributed by atoms with Gasteiger partial charge >= 0.3 is 0 Å². The molecule has 0 aliphatic carbocycles. The van der Waals surface area contributed by atoms with Crippen LogP contribution in [0.15, 0.2) is 24.3 Å². The number of nitrogens with one attached hydrogen (secondary N) is 1. The highest BCUT2D eigenvalue weighted by Crippen LogP contribution is 2.15. The predicted molar refractivity (Wildman–Crippen MR) is 82.6 cm³/mol. The summed E-state index contributed by atoms with van der Waals surface area (Å²) in [5.41, 5.74) is 2.66. The SMILES string of the molecule is CCCCOCc1ccc(C(C)CNC(C)C)cc1. The average Bonchev–Trinajstić information content (AvgIpc) is 2.41. The fourth-order valence-electron chi connectivity index (χ4n) is 1.91. The summed E-state index contributed by atoms with van der Waals surface area (Å²) in [6.07, 6.45) is 2.34. The van der Waals surface area contributed by atoms with Gasteiger partial charge in [-0.05, 0) is 23.5 Å². The summed E-state index contributed by atoms with van der Waals surface area (Å²) in [6, 6.07) is 9.38. The molecule has 1 aromatic carbocycles. The van der Waals surface area contributed by atoms with Gasteiger partial charge in [0.25, 0.3) is 0 Å². The molecule has 1 N–H and O–H groups in total. The van der Waals surface area contributed by atoms with Crippen molar-refractivity contribution in [3.63, 3.8) is 0 Å². The molecule has 2 nitrogen and oxygen atoms in total. The molecule has 1 aromatic rings. The second-order valence-electron chi connectivity index (χ2n) is 5.61. The summed E-state index contributed by atoms with van der Waals surface area (Å²) < 4.78 is 5.63. The average molecular weight is 263 g/mol. The van der Waals surface area contributed by atoms with Crippen LogP contribution in [0.1, 0.15) is 57.6 Å². The van der Waals surface area contributed by atoms with Crippen molar-refractivity contribution in [1.29, 1.82) is 0 Å². The van der Waals surface area contributed by atoms with Gasteiger partial charge in [0, 0.05) is 19.2 Å². The number of benzene rings is 1. The van der Waals surface area contributed by atoms with Crippen molar-refractivity contribution in [3.8, 4) is 0 Å². The van der Waals surface area contributed by atoms with E-state index in [0.29, 0.717) is 12.0 Å². The van der Waals surface area contributed by atoms with Gasteiger partial charge < -0.3 is 10.1 Å². The third-order valence-electron chi connectivity index (χ3n) is 3.29. The van der Waals surface area contributed by atoms with E-state index in [9.17, 15) is 0 Å². The Hall–Kier alpha value is -0.860. The van der Waals surface area contributed by atoms with Gasteiger partial charge in [-0.2, -0.15) is 0 Å². The molecule has 0 radical (unpaired) electrons. The quantitative estimate of drug-likeness (QED) is 0.677. The summed E-state index contributed by atoms with van der Waals surface area (Å²) in [7, 11) is 0. The summed E-state index contributed by atoms with van der Waals surface area (Å²) in [5, 5.41) is 3.48. The number of hydrogen-bond donors (Lipinski definition) is 1. The first-order chi connectivity index (χ1) is 9.13. The first-order valence-corrected chi connectivity index (χ1v) is 7.53. The Morgan fingerprint density at radius 3 is 2.37 bits per heavy atom. The minimum atomic E-state index is 0.550. The molecule has 0 aromatic heterocycles. The fraction of sp³-hybridized carbons (Fsp3) is 0.647. The van der Waals surface area contributed by atoms with E-state index in [1.54, 1.807) is 0 Å². The van der Waals surface area contributed by atoms with E-state index in [-0.39, 0.29) is 0 Å². The Morgan fingerprint density at radius 2 is 1.79 bits per heavy atom. The van der Waals surface area contributed by atoms with Crippen molar-refractivity contribution in [3.05, 3.63) is 35.4 Å². The summed E-state index contributed by atoms with van der Waals surface area (Å²) in [4.78, 5) is 0. The van der Waals surface area contributed by atoms with Gasteiger partial charge in [0.05, 0.1) is 6.61 Å². The van der Waals surface area contributed by atoms with Gasteiger partial charge in [-0.15, -0.1) is 0 Å². The molecule has 1 unspecified atom stereocenters.